The number of carbonyl (C=O) groups excluding carboxylic acids is 6. The van der Waals surface area contributed by atoms with Gasteiger partial charge in [-0.15, -0.1) is 0 Å². The van der Waals surface area contributed by atoms with Crippen LogP contribution in [0.4, 0.5) is 0 Å². The molecule has 18 rings (SSSR count). The Morgan fingerprint density at radius 1 is 0.351 bits per heavy atom. The largest absolute Gasteiger partial charge is 0.462 e. The van der Waals surface area contributed by atoms with Crippen molar-refractivity contribution in [3.8, 4) is 0 Å². The van der Waals surface area contributed by atoms with E-state index < -0.39 is 16.2 Å². The molecule has 524 valence electrons. The topological polar surface area (TPSA) is 158 Å². The predicted molar refractivity (Wildman–Crippen MR) is 357 cm³/mol. The molecule has 0 saturated heterocycles. The van der Waals surface area contributed by atoms with Crippen molar-refractivity contribution in [1.29, 1.82) is 0 Å². The Balaban J connectivity index is 0.000000117. The third kappa shape index (κ3) is 10.9. The van der Waals surface area contributed by atoms with E-state index in [4.69, 9.17) is 28.4 Å². The van der Waals surface area contributed by atoms with Gasteiger partial charge in [0.2, 0.25) is 0 Å². The van der Waals surface area contributed by atoms with Crippen LogP contribution < -0.4 is 0 Å². The highest BCUT2D eigenvalue weighted by Crippen LogP contribution is 2.73. The van der Waals surface area contributed by atoms with E-state index in [1.165, 1.54) is 96.3 Å². The first-order valence-corrected chi connectivity index (χ1v) is 40.1. The van der Waals surface area contributed by atoms with E-state index in [1.54, 1.807) is 0 Å². The number of rotatable bonds is 17. The van der Waals surface area contributed by atoms with Crippen LogP contribution in [0, 0.1) is 164 Å². The maximum Gasteiger partial charge on any atom is 0.311 e. The van der Waals surface area contributed by atoms with Crippen LogP contribution in [-0.2, 0) is 57.2 Å². The average Bonchev–Trinajstić information content (AvgIpc) is 1.50. The summed E-state index contributed by atoms with van der Waals surface area (Å²) < 4.78 is 37.4. The van der Waals surface area contributed by atoms with Crippen molar-refractivity contribution in [1.82, 2.24) is 0 Å². The van der Waals surface area contributed by atoms with Gasteiger partial charge in [0.25, 0.3) is 0 Å². The minimum atomic E-state index is -0.407. The third-order valence-electron chi connectivity index (χ3n) is 33.1. The molecule has 0 aliphatic heterocycles. The van der Waals surface area contributed by atoms with Crippen molar-refractivity contribution in [2.75, 3.05) is 0 Å². The molecule has 18 aliphatic rings. The van der Waals surface area contributed by atoms with Crippen LogP contribution in [0.3, 0.4) is 0 Å². The highest BCUT2D eigenvalue weighted by atomic mass is 16.6. The van der Waals surface area contributed by atoms with Crippen molar-refractivity contribution < 1.29 is 57.2 Å². The van der Waals surface area contributed by atoms with Crippen LogP contribution >= 0.6 is 0 Å². The van der Waals surface area contributed by atoms with Crippen LogP contribution in [0.5, 0.6) is 0 Å². The van der Waals surface area contributed by atoms with E-state index in [0.29, 0.717) is 101 Å². The lowest BCUT2D eigenvalue weighted by Crippen LogP contribution is -2.60. The summed E-state index contributed by atoms with van der Waals surface area (Å²) in [4.78, 5) is 78.6. The Hall–Kier alpha value is -3.18. The van der Waals surface area contributed by atoms with Gasteiger partial charge < -0.3 is 28.4 Å². The fraction of sp³-hybridized carbons (Fsp3) is 0.927. The smallest absolute Gasteiger partial charge is 0.311 e. The Morgan fingerprint density at radius 3 is 1.01 bits per heavy atom. The minimum absolute atomic E-state index is 0.0278. The fourth-order valence-electron chi connectivity index (χ4n) is 27.6. The van der Waals surface area contributed by atoms with Crippen LogP contribution in [0.2, 0.25) is 0 Å². The normalized spacial score (nSPS) is 47.0. The quantitative estimate of drug-likeness (QED) is 0.0772. The molecule has 0 radical (unpaired) electrons. The van der Waals surface area contributed by atoms with Crippen LogP contribution in [0.1, 0.15) is 276 Å². The fourth-order valence-corrected chi connectivity index (χ4v) is 27.6. The van der Waals surface area contributed by atoms with Gasteiger partial charge in [0.15, 0.2) is 0 Å². The summed E-state index contributed by atoms with van der Waals surface area (Å²) in [5.41, 5.74) is -1.80. The molecule has 0 aromatic carbocycles. The number of esters is 6. The van der Waals surface area contributed by atoms with Crippen LogP contribution in [0.25, 0.3) is 0 Å². The number of hydrogen-bond acceptors (Lipinski definition) is 12. The summed E-state index contributed by atoms with van der Waals surface area (Å²) in [6, 6.07) is 0. The molecule has 18 fully saturated rings. The van der Waals surface area contributed by atoms with Gasteiger partial charge in [-0.3, -0.25) is 28.8 Å². The maximum atomic E-state index is 13.9. The summed E-state index contributed by atoms with van der Waals surface area (Å²) >= 11 is 0. The third-order valence-corrected chi connectivity index (χ3v) is 33.1. The molecule has 0 amide bonds. The van der Waals surface area contributed by atoms with E-state index in [-0.39, 0.29) is 88.7 Å². The first-order chi connectivity index (χ1) is 44.7. The van der Waals surface area contributed by atoms with Gasteiger partial charge in [-0.1, -0.05) is 34.6 Å². The lowest BCUT2D eigenvalue weighted by Gasteiger charge is -2.60. The molecule has 24 unspecified atom stereocenters. The van der Waals surface area contributed by atoms with E-state index >= 15 is 0 Å². The average molecular weight is 1300 g/mol. The standard InChI is InChI=1S/C31H46O4.C26H40O4.C25H38O4/c1-5-30(3,4)29(33)34-25-15-19-14-24(25)27-22-12-18(26(19)27)13-23(22)28(32)35-31(6-2)20-8-16-7-17(10-20)11-21(31)9-16;1-5-25(3,4)24(28)29-20-14-16-13-19(20)22-17-11-15(21(16)22)12-18(17)23(27)30-26(6-2)9-7-8-10-26;1-5-24(2,3)23(27)28-19-13-15-12-18(19)21-16-10-14(20(15)21)11-17(16)22(26)29-25(4)8-6-7-9-25/h16-27H,5-15H2,1-4H3;15-22H,5-14H2,1-4H3;14-21H,5-13H2,1-4H3. The van der Waals surface area contributed by atoms with Gasteiger partial charge in [-0.2, -0.15) is 0 Å². The van der Waals surface area contributed by atoms with Crippen molar-refractivity contribution >= 4 is 35.8 Å². The number of fused-ring (bicyclic) bond motifs is 27. The lowest BCUT2D eigenvalue weighted by atomic mass is 9.49. The molecular formula is C82H124O12. The second kappa shape index (κ2) is 24.3. The highest BCUT2D eigenvalue weighted by molar-refractivity contribution is 5.78. The molecule has 24 atom stereocenters. The molecular weight excluding hydrogens is 1180 g/mol. The maximum absolute atomic E-state index is 13.9. The number of ether oxygens (including phenoxy) is 6. The first kappa shape index (κ1) is 66.7. The van der Waals surface area contributed by atoms with Gasteiger partial charge >= 0.3 is 35.8 Å². The zero-order valence-corrected chi connectivity index (χ0v) is 60.3. The molecule has 0 heterocycles. The SMILES string of the molecule is CCC(C)(C)C(=O)OC1CC2CC1C1C3CC(CC3C(=O)OC3(C)CCCC3)C21.CCC(C)(C)C(=O)OC1CC2CC1C1C3CC(CC3C(=O)OC3(CC)C4CC5CC(C4)CC3C5)C21.CCC1(OC(=O)C2CC3CC2C2C4CC(CC4OC(=O)C(C)(C)CC)C32)CCCC1. The van der Waals surface area contributed by atoms with E-state index in [2.05, 4.69) is 41.5 Å². The van der Waals surface area contributed by atoms with E-state index in [9.17, 15) is 28.8 Å². The van der Waals surface area contributed by atoms with Gasteiger partial charge in [0.1, 0.15) is 35.1 Å². The van der Waals surface area contributed by atoms with E-state index in [0.717, 1.165) is 126 Å². The summed E-state index contributed by atoms with van der Waals surface area (Å²) in [7, 11) is 0. The number of carbonyl (C=O) groups is 6. The Labute approximate surface area is 565 Å². The molecule has 12 heteroatoms. The monoisotopic (exact) mass is 1300 g/mol. The summed E-state index contributed by atoms with van der Waals surface area (Å²) in [6.45, 7) is 24.7. The number of hydrogen-bond donors (Lipinski definition) is 0. The highest BCUT2D eigenvalue weighted by Gasteiger charge is 2.71. The molecule has 0 aromatic rings. The van der Waals surface area contributed by atoms with Crippen LogP contribution in [-0.4, -0.2) is 70.9 Å². The minimum Gasteiger partial charge on any atom is -0.462 e. The Morgan fingerprint density at radius 2 is 0.670 bits per heavy atom. The molecule has 16 bridgehead atoms. The zero-order chi connectivity index (χ0) is 66.1. The second-order valence-electron chi connectivity index (χ2n) is 38.5. The molecule has 12 nitrogen and oxygen atoms in total. The van der Waals surface area contributed by atoms with Crippen molar-refractivity contribution in [2.24, 2.45) is 164 Å². The second-order valence-corrected chi connectivity index (χ2v) is 38.5. The van der Waals surface area contributed by atoms with Crippen molar-refractivity contribution in [3.05, 3.63) is 0 Å². The Kier molecular flexibility index (Phi) is 17.2. The lowest BCUT2D eigenvalue weighted by molar-refractivity contribution is -0.217. The van der Waals surface area contributed by atoms with Gasteiger partial charge in [0, 0.05) is 0 Å². The molecule has 18 aliphatic carbocycles. The van der Waals surface area contributed by atoms with Gasteiger partial charge in [0.05, 0.1) is 34.0 Å². The molecule has 0 N–H and O–H groups in total. The molecule has 18 saturated carbocycles. The van der Waals surface area contributed by atoms with Crippen molar-refractivity contribution in [3.63, 3.8) is 0 Å². The van der Waals surface area contributed by atoms with Crippen molar-refractivity contribution in [2.45, 2.75) is 311 Å². The van der Waals surface area contributed by atoms with Gasteiger partial charge in [-0.05, 0) is 371 Å². The summed E-state index contributed by atoms with van der Waals surface area (Å²) in [6.07, 6.45) is 33.5. The predicted octanol–water partition coefficient (Wildman–Crippen LogP) is 17.1. The zero-order valence-electron chi connectivity index (χ0n) is 60.3. The molecule has 0 aromatic heterocycles. The van der Waals surface area contributed by atoms with Crippen LogP contribution in [0.15, 0.2) is 0 Å². The first-order valence-electron chi connectivity index (χ1n) is 40.1. The molecule has 0 spiro atoms. The summed E-state index contributed by atoms with van der Waals surface area (Å²) in [5.74, 6) is 14.4. The molecule has 94 heavy (non-hydrogen) atoms. The van der Waals surface area contributed by atoms with E-state index in [1.807, 2.05) is 41.5 Å². The summed E-state index contributed by atoms with van der Waals surface area (Å²) in [5, 5.41) is 0. The Bertz CT molecular complexity index is 2880. The van der Waals surface area contributed by atoms with Gasteiger partial charge in [-0.25, -0.2) is 0 Å².